The number of rotatable bonds is 4. The molecule has 3 aromatic rings. The Morgan fingerprint density at radius 2 is 2.03 bits per heavy atom. The van der Waals surface area contributed by atoms with E-state index in [1.54, 1.807) is 16.7 Å². The van der Waals surface area contributed by atoms with Crippen LogP contribution in [0.25, 0.3) is 11.2 Å². The van der Waals surface area contributed by atoms with E-state index in [9.17, 15) is 18.8 Å². The molecule has 1 unspecified atom stereocenters. The third-order valence-corrected chi connectivity index (χ3v) is 5.86. The maximum Gasteiger partial charge on any atom is 0.332 e. The summed E-state index contributed by atoms with van der Waals surface area (Å²) in [7, 11) is 2.93. The van der Waals surface area contributed by atoms with Gasteiger partial charge in [0.05, 0.1) is 11.6 Å². The molecule has 1 N–H and O–H groups in total. The van der Waals surface area contributed by atoms with Crippen LogP contribution in [0.5, 0.6) is 0 Å². The van der Waals surface area contributed by atoms with Gasteiger partial charge >= 0.3 is 5.69 Å². The van der Waals surface area contributed by atoms with Gasteiger partial charge in [0.25, 0.3) is 5.56 Å². The third kappa shape index (κ3) is 3.60. The maximum atomic E-state index is 14.7. The van der Waals surface area contributed by atoms with Gasteiger partial charge in [-0.15, -0.1) is 0 Å². The van der Waals surface area contributed by atoms with Gasteiger partial charge in [-0.05, 0) is 12.5 Å². The van der Waals surface area contributed by atoms with Crippen LogP contribution in [0.3, 0.4) is 0 Å². The van der Waals surface area contributed by atoms with Crippen LogP contribution in [0.2, 0.25) is 5.02 Å². The monoisotopic (exact) mass is 448 g/mol. The molecule has 1 aliphatic rings. The molecule has 2 aromatic heterocycles. The molecule has 0 radical (unpaired) electrons. The van der Waals surface area contributed by atoms with E-state index < -0.39 is 17.1 Å². The van der Waals surface area contributed by atoms with Crippen molar-refractivity contribution >= 4 is 34.6 Å². The number of carbonyl (C=O) groups excluding carboxylic acids is 1. The van der Waals surface area contributed by atoms with Gasteiger partial charge in [0, 0.05) is 45.7 Å². The summed E-state index contributed by atoms with van der Waals surface area (Å²) in [4.78, 5) is 43.4. The fourth-order valence-corrected chi connectivity index (χ4v) is 4.21. The van der Waals surface area contributed by atoms with E-state index in [1.807, 2.05) is 4.90 Å². The van der Waals surface area contributed by atoms with E-state index in [0.717, 1.165) is 4.57 Å². The molecule has 11 heteroatoms. The van der Waals surface area contributed by atoms with Crippen LogP contribution in [0.1, 0.15) is 18.9 Å². The zero-order valence-corrected chi connectivity index (χ0v) is 18.1. The lowest BCUT2D eigenvalue weighted by atomic mass is 10.2. The molecule has 9 nitrogen and oxygen atoms in total. The Labute approximate surface area is 181 Å². The molecule has 0 aliphatic carbocycles. The number of imidazole rings is 1. The van der Waals surface area contributed by atoms with Gasteiger partial charge in [-0.25, -0.2) is 9.18 Å². The van der Waals surface area contributed by atoms with Gasteiger partial charge in [0.15, 0.2) is 11.2 Å². The second kappa shape index (κ2) is 7.84. The SMILES string of the molecule is CC(=O)NC1CCN(c2nc3c(c(=O)n(C)c(=O)n3C)n2Cc2cccc(Cl)c2F)C1. The second-order valence-electron chi connectivity index (χ2n) is 7.72. The van der Waals surface area contributed by atoms with Crippen molar-refractivity contribution in [3.05, 3.63) is 55.4 Å². The standard InChI is InChI=1S/C20H22ClFN6O3/c1-11(29)23-13-7-8-27(10-13)19-24-17-16(18(30)26(3)20(31)25(17)2)28(19)9-12-5-4-6-14(21)15(12)22/h4-6,13H,7-10H2,1-3H3,(H,23,29). The molecular formula is C20H22ClFN6O3. The summed E-state index contributed by atoms with van der Waals surface area (Å²) in [5, 5.41) is 2.87. The largest absolute Gasteiger partial charge is 0.352 e. The van der Waals surface area contributed by atoms with E-state index in [2.05, 4.69) is 10.3 Å². The van der Waals surface area contributed by atoms with Crippen LogP contribution in [0, 0.1) is 5.82 Å². The molecule has 1 atom stereocenters. The Balaban J connectivity index is 1.90. The fraction of sp³-hybridized carbons (Fsp3) is 0.400. The van der Waals surface area contributed by atoms with E-state index in [1.165, 1.54) is 31.7 Å². The molecule has 1 amide bonds. The highest BCUT2D eigenvalue weighted by molar-refractivity contribution is 6.30. The highest BCUT2D eigenvalue weighted by atomic mass is 35.5. The van der Waals surface area contributed by atoms with Crippen LogP contribution in [0.4, 0.5) is 10.3 Å². The van der Waals surface area contributed by atoms with Crippen LogP contribution in [-0.2, 0) is 25.4 Å². The lowest BCUT2D eigenvalue weighted by Crippen LogP contribution is -2.37. The van der Waals surface area contributed by atoms with Crippen LogP contribution >= 0.6 is 11.6 Å². The molecule has 0 spiro atoms. The number of nitrogens with one attached hydrogen (secondary N) is 1. The number of hydrogen-bond acceptors (Lipinski definition) is 5. The summed E-state index contributed by atoms with van der Waals surface area (Å²) in [5.41, 5.74) is -0.311. The summed E-state index contributed by atoms with van der Waals surface area (Å²) in [5.74, 6) is -0.269. The van der Waals surface area contributed by atoms with Crippen molar-refractivity contribution in [2.45, 2.75) is 25.9 Å². The van der Waals surface area contributed by atoms with Gasteiger partial charge in [-0.3, -0.25) is 23.3 Å². The molecule has 164 valence electrons. The van der Waals surface area contributed by atoms with Gasteiger partial charge < -0.3 is 10.2 Å². The maximum absolute atomic E-state index is 14.7. The molecule has 0 saturated carbocycles. The van der Waals surface area contributed by atoms with Crippen LogP contribution in [0.15, 0.2) is 27.8 Å². The number of fused-ring (bicyclic) bond motifs is 1. The van der Waals surface area contributed by atoms with Crippen molar-refractivity contribution < 1.29 is 9.18 Å². The molecule has 1 aromatic carbocycles. The smallest absolute Gasteiger partial charge is 0.332 e. The summed E-state index contributed by atoms with van der Waals surface area (Å²) < 4.78 is 18.6. The second-order valence-corrected chi connectivity index (χ2v) is 8.13. The predicted octanol–water partition coefficient (Wildman–Crippen LogP) is 0.989. The first-order chi connectivity index (χ1) is 14.7. The number of anilines is 1. The van der Waals surface area contributed by atoms with E-state index in [4.69, 9.17) is 11.6 Å². The average Bonchev–Trinajstić information content (AvgIpc) is 3.32. The number of aromatic nitrogens is 4. The van der Waals surface area contributed by atoms with Crippen molar-refractivity contribution in [1.29, 1.82) is 0 Å². The molecule has 31 heavy (non-hydrogen) atoms. The quantitative estimate of drug-likeness (QED) is 0.642. The lowest BCUT2D eigenvalue weighted by molar-refractivity contribution is -0.119. The summed E-state index contributed by atoms with van der Waals surface area (Å²) in [6.07, 6.45) is 0.700. The van der Waals surface area contributed by atoms with Crippen molar-refractivity contribution in [2.75, 3.05) is 18.0 Å². The van der Waals surface area contributed by atoms with Crippen molar-refractivity contribution in [3.8, 4) is 0 Å². The number of benzene rings is 1. The van der Waals surface area contributed by atoms with Crippen molar-refractivity contribution in [2.24, 2.45) is 14.1 Å². The molecule has 1 fully saturated rings. The zero-order valence-electron chi connectivity index (χ0n) is 17.4. The molecular weight excluding hydrogens is 427 g/mol. The Morgan fingerprint density at radius 1 is 1.29 bits per heavy atom. The number of carbonyl (C=O) groups is 1. The highest BCUT2D eigenvalue weighted by Crippen LogP contribution is 2.26. The van der Waals surface area contributed by atoms with E-state index in [0.29, 0.717) is 31.0 Å². The first-order valence-corrected chi connectivity index (χ1v) is 10.2. The number of aryl methyl sites for hydroxylation is 1. The molecule has 3 heterocycles. The number of hydrogen-bond donors (Lipinski definition) is 1. The molecule has 4 rings (SSSR count). The summed E-state index contributed by atoms with van der Waals surface area (Å²) in [6.45, 7) is 2.53. The first kappa shape index (κ1) is 21.1. The van der Waals surface area contributed by atoms with Crippen LogP contribution < -0.4 is 21.5 Å². The Morgan fingerprint density at radius 3 is 2.74 bits per heavy atom. The highest BCUT2D eigenvalue weighted by Gasteiger charge is 2.29. The zero-order chi connectivity index (χ0) is 22.4. The minimum atomic E-state index is -0.573. The third-order valence-electron chi connectivity index (χ3n) is 5.57. The normalized spacial score (nSPS) is 16.3. The van der Waals surface area contributed by atoms with Crippen molar-refractivity contribution in [1.82, 2.24) is 24.0 Å². The molecule has 1 aliphatic heterocycles. The first-order valence-electron chi connectivity index (χ1n) is 9.80. The number of halogens is 2. The fourth-order valence-electron chi connectivity index (χ4n) is 4.01. The Bertz CT molecular complexity index is 1310. The Hall–Kier alpha value is -3.14. The molecule has 1 saturated heterocycles. The lowest BCUT2D eigenvalue weighted by Gasteiger charge is -2.20. The summed E-state index contributed by atoms with van der Waals surface area (Å²) in [6, 6.07) is 4.61. The topological polar surface area (TPSA) is 94.2 Å². The summed E-state index contributed by atoms with van der Waals surface area (Å²) >= 11 is 5.95. The minimum Gasteiger partial charge on any atom is -0.352 e. The number of nitrogens with zero attached hydrogens (tertiary/aromatic N) is 5. The minimum absolute atomic E-state index is 0.00692. The van der Waals surface area contributed by atoms with E-state index in [-0.39, 0.29) is 34.7 Å². The van der Waals surface area contributed by atoms with Crippen molar-refractivity contribution in [3.63, 3.8) is 0 Å². The number of amides is 1. The van der Waals surface area contributed by atoms with Gasteiger partial charge in [-0.2, -0.15) is 4.98 Å². The molecule has 0 bridgehead atoms. The predicted molar refractivity (Wildman–Crippen MR) is 115 cm³/mol. The van der Waals surface area contributed by atoms with Gasteiger partial charge in [0.1, 0.15) is 5.82 Å². The Kier molecular flexibility index (Phi) is 5.34. The average molecular weight is 449 g/mol. The van der Waals surface area contributed by atoms with Crippen LogP contribution in [-0.4, -0.2) is 43.7 Å². The van der Waals surface area contributed by atoms with Gasteiger partial charge in [0.2, 0.25) is 11.9 Å². The van der Waals surface area contributed by atoms with Gasteiger partial charge in [-0.1, -0.05) is 23.7 Å². The van der Waals surface area contributed by atoms with E-state index >= 15 is 0 Å².